The Morgan fingerprint density at radius 2 is 2.23 bits per heavy atom. The number of benzene rings is 1. The van der Waals surface area contributed by atoms with Gasteiger partial charge in [-0.1, -0.05) is 46.8 Å². The number of rotatable bonds is 6. The van der Waals surface area contributed by atoms with Gasteiger partial charge in [-0.05, 0) is 49.3 Å². The van der Waals surface area contributed by atoms with Gasteiger partial charge in [0.2, 0.25) is 11.2 Å². The molecule has 1 aromatic carbocycles. The lowest BCUT2D eigenvalue weighted by Crippen LogP contribution is -2.32. The standard InChI is InChI=1S/C22H21N5O2S/c1-2-27-13-21(29-26-27)25-20(28)14-30-22-18(12-23)11-17-10-16(8-9-19(17)24-22)15-6-4-3-5-7-15/h3-7,11,13,16H,2,8-10,14H2,1H3/p+1. The summed E-state index contributed by atoms with van der Waals surface area (Å²) < 4.78 is 6.64. The van der Waals surface area contributed by atoms with Crippen molar-refractivity contribution >= 4 is 23.6 Å². The second kappa shape index (κ2) is 9.09. The first kappa shape index (κ1) is 20.1. The molecular formula is C22H22N5O2S+. The lowest BCUT2D eigenvalue weighted by atomic mass is 9.82. The van der Waals surface area contributed by atoms with Crippen LogP contribution in [0.4, 0.5) is 5.88 Å². The molecule has 1 N–H and O–H groups in total. The van der Waals surface area contributed by atoms with Gasteiger partial charge in [-0.3, -0.25) is 14.6 Å². The Morgan fingerprint density at radius 1 is 1.40 bits per heavy atom. The van der Waals surface area contributed by atoms with Gasteiger partial charge in [0.15, 0.2) is 6.54 Å². The highest BCUT2D eigenvalue weighted by Crippen LogP contribution is 2.34. The zero-order valence-electron chi connectivity index (χ0n) is 16.7. The van der Waals surface area contributed by atoms with Crippen LogP contribution in [0.3, 0.4) is 0 Å². The van der Waals surface area contributed by atoms with E-state index in [-0.39, 0.29) is 11.7 Å². The number of nitrogens with zero attached hydrogens (tertiary/aromatic N) is 4. The monoisotopic (exact) mass is 420 g/mol. The molecule has 4 rings (SSSR count). The Hall–Kier alpha value is -3.18. The molecular weight excluding hydrogens is 398 g/mol. The van der Waals surface area contributed by atoms with E-state index in [0.717, 1.165) is 30.5 Å². The van der Waals surface area contributed by atoms with Gasteiger partial charge in [-0.2, -0.15) is 5.26 Å². The number of fused-ring (bicyclic) bond motifs is 1. The van der Waals surface area contributed by atoms with Crippen molar-refractivity contribution in [1.29, 1.82) is 5.26 Å². The average Bonchev–Trinajstić information content (AvgIpc) is 3.24. The van der Waals surface area contributed by atoms with E-state index in [1.54, 1.807) is 10.9 Å². The van der Waals surface area contributed by atoms with E-state index in [4.69, 9.17) is 9.51 Å². The summed E-state index contributed by atoms with van der Waals surface area (Å²) in [6.07, 6.45) is 4.41. The molecule has 3 aromatic rings. The molecule has 30 heavy (non-hydrogen) atoms. The number of aryl methyl sites for hydroxylation is 2. The molecule has 0 saturated carbocycles. The van der Waals surface area contributed by atoms with Crippen LogP contribution in [0.25, 0.3) is 0 Å². The maximum Gasteiger partial charge on any atom is 0.302 e. The predicted octanol–water partition coefficient (Wildman–Crippen LogP) is 3.25. The Balaban J connectivity index is 1.43. The summed E-state index contributed by atoms with van der Waals surface area (Å²) in [7, 11) is 0. The van der Waals surface area contributed by atoms with Crippen molar-refractivity contribution in [2.24, 2.45) is 0 Å². The van der Waals surface area contributed by atoms with Crippen LogP contribution in [0.15, 0.2) is 52.1 Å². The third kappa shape index (κ3) is 4.52. The third-order valence-corrected chi connectivity index (χ3v) is 6.17. The van der Waals surface area contributed by atoms with E-state index in [1.165, 1.54) is 17.3 Å². The summed E-state index contributed by atoms with van der Waals surface area (Å²) in [6, 6.07) is 14.7. The second-order valence-electron chi connectivity index (χ2n) is 7.17. The number of nitriles is 1. The zero-order chi connectivity index (χ0) is 20.9. The number of carbonyl (C=O) groups excluding carboxylic acids is 1. The Labute approximate surface area is 179 Å². The van der Waals surface area contributed by atoms with Gasteiger partial charge >= 0.3 is 5.88 Å². The van der Waals surface area contributed by atoms with E-state index in [2.05, 4.69) is 40.9 Å². The van der Waals surface area contributed by atoms with E-state index >= 15 is 0 Å². The maximum absolute atomic E-state index is 12.2. The molecule has 0 aliphatic heterocycles. The molecule has 7 nitrogen and oxygen atoms in total. The lowest BCUT2D eigenvalue weighted by Gasteiger charge is -2.25. The van der Waals surface area contributed by atoms with Gasteiger partial charge in [0, 0.05) is 5.69 Å². The fourth-order valence-electron chi connectivity index (χ4n) is 3.64. The van der Waals surface area contributed by atoms with Crippen LogP contribution in [0.2, 0.25) is 0 Å². The summed E-state index contributed by atoms with van der Waals surface area (Å²) in [5.74, 6) is 0.657. The normalized spacial score (nSPS) is 15.3. The van der Waals surface area contributed by atoms with Crippen LogP contribution in [-0.4, -0.2) is 21.9 Å². The maximum atomic E-state index is 12.2. The minimum absolute atomic E-state index is 0.139. The topological polar surface area (TPSA) is 95.7 Å². The molecule has 2 aromatic heterocycles. The smallest absolute Gasteiger partial charge is 0.288 e. The first-order chi connectivity index (χ1) is 14.7. The quantitative estimate of drug-likeness (QED) is 0.486. The number of nitrogens with one attached hydrogen (secondary N) is 1. The van der Waals surface area contributed by atoms with E-state index in [0.29, 0.717) is 28.9 Å². The fraction of sp³-hybridized carbons (Fsp3) is 0.318. The van der Waals surface area contributed by atoms with Crippen molar-refractivity contribution in [2.45, 2.75) is 43.7 Å². The number of thioether (sulfide) groups is 1. The summed E-state index contributed by atoms with van der Waals surface area (Å²) in [6.45, 7) is 2.58. The van der Waals surface area contributed by atoms with Crippen molar-refractivity contribution in [1.82, 2.24) is 10.3 Å². The number of aromatic nitrogens is 3. The summed E-state index contributed by atoms with van der Waals surface area (Å²) in [5, 5.41) is 16.7. The zero-order valence-corrected chi connectivity index (χ0v) is 17.5. The molecule has 0 spiro atoms. The number of pyridine rings is 1. The van der Waals surface area contributed by atoms with Crippen LogP contribution < -0.4 is 10.00 Å². The first-order valence-corrected chi connectivity index (χ1v) is 10.9. The molecule has 8 heteroatoms. The minimum Gasteiger partial charge on any atom is -0.288 e. The highest BCUT2D eigenvalue weighted by molar-refractivity contribution is 8.00. The van der Waals surface area contributed by atoms with Crippen LogP contribution in [0.1, 0.15) is 41.6 Å². The second-order valence-corrected chi connectivity index (χ2v) is 8.13. The van der Waals surface area contributed by atoms with Crippen molar-refractivity contribution in [3.63, 3.8) is 0 Å². The van der Waals surface area contributed by atoms with Crippen molar-refractivity contribution in [3.05, 3.63) is 65.0 Å². The SMILES string of the molecule is CC[n+]1cc(NC(=O)CSc2nc3c(cc2C#N)CC(c2ccccc2)CC3)on1. The van der Waals surface area contributed by atoms with Gasteiger partial charge in [0.1, 0.15) is 11.1 Å². The van der Waals surface area contributed by atoms with Crippen molar-refractivity contribution in [3.8, 4) is 6.07 Å². The Morgan fingerprint density at radius 3 is 2.97 bits per heavy atom. The van der Waals surface area contributed by atoms with Gasteiger partial charge in [0.25, 0.3) is 6.20 Å². The van der Waals surface area contributed by atoms with Crippen LogP contribution in [0, 0.1) is 11.3 Å². The molecule has 1 atom stereocenters. The van der Waals surface area contributed by atoms with Gasteiger partial charge in [0.05, 0.1) is 11.3 Å². The molecule has 152 valence electrons. The number of carbonyl (C=O) groups is 1. The largest absolute Gasteiger partial charge is 0.302 e. The minimum atomic E-state index is -0.230. The molecule has 1 unspecified atom stereocenters. The highest BCUT2D eigenvalue weighted by atomic mass is 32.2. The van der Waals surface area contributed by atoms with Crippen LogP contribution >= 0.6 is 11.8 Å². The van der Waals surface area contributed by atoms with Gasteiger partial charge in [-0.25, -0.2) is 4.98 Å². The summed E-state index contributed by atoms with van der Waals surface area (Å²) >= 11 is 1.27. The van der Waals surface area contributed by atoms with Crippen molar-refractivity contribution < 1.29 is 14.0 Å². The predicted molar refractivity (Wildman–Crippen MR) is 112 cm³/mol. The van der Waals surface area contributed by atoms with Gasteiger partial charge in [-0.15, -0.1) is 0 Å². The Bertz CT molecular complexity index is 1090. The van der Waals surface area contributed by atoms with Gasteiger partial charge < -0.3 is 0 Å². The van der Waals surface area contributed by atoms with E-state index in [1.807, 2.05) is 19.1 Å². The lowest BCUT2D eigenvalue weighted by molar-refractivity contribution is -0.759. The third-order valence-electron chi connectivity index (χ3n) is 5.18. The first-order valence-electron chi connectivity index (χ1n) is 9.93. The summed E-state index contributed by atoms with van der Waals surface area (Å²) in [5.41, 5.74) is 4.01. The molecule has 0 radical (unpaired) electrons. The highest BCUT2D eigenvalue weighted by Gasteiger charge is 2.23. The van der Waals surface area contributed by atoms with Crippen LogP contribution in [-0.2, 0) is 24.2 Å². The fourth-order valence-corrected chi connectivity index (χ4v) is 4.41. The number of hydrogen-bond acceptors (Lipinski definition) is 6. The average molecular weight is 421 g/mol. The van der Waals surface area contributed by atoms with Crippen LogP contribution in [0.5, 0.6) is 0 Å². The number of hydrogen-bond donors (Lipinski definition) is 1. The number of amides is 1. The summed E-state index contributed by atoms with van der Waals surface area (Å²) in [4.78, 5) is 17.0. The molecule has 0 bridgehead atoms. The van der Waals surface area contributed by atoms with E-state index in [9.17, 15) is 10.1 Å². The molecule has 1 amide bonds. The molecule has 0 saturated heterocycles. The van der Waals surface area contributed by atoms with E-state index < -0.39 is 0 Å². The number of anilines is 1. The molecule has 1 aliphatic rings. The molecule has 0 fully saturated rings. The Kier molecular flexibility index (Phi) is 6.10. The van der Waals surface area contributed by atoms with Crippen molar-refractivity contribution in [2.75, 3.05) is 11.1 Å². The molecule has 1 aliphatic carbocycles. The molecule has 2 heterocycles.